The second-order valence-corrected chi connectivity index (χ2v) is 5.82. The number of H-pyrrole nitrogens is 1. The number of nitrogens with one attached hydrogen (secondary N) is 3. The van der Waals surface area contributed by atoms with Gasteiger partial charge in [0.15, 0.2) is 11.3 Å². The van der Waals surface area contributed by atoms with Crippen LogP contribution in [0.2, 0.25) is 5.02 Å². The Kier molecular flexibility index (Phi) is 4.63. The summed E-state index contributed by atoms with van der Waals surface area (Å²) in [4.78, 5) is 8.71. The minimum atomic E-state index is -0.0269. The first-order chi connectivity index (χ1) is 11.5. The Labute approximate surface area is 143 Å². The summed E-state index contributed by atoms with van der Waals surface area (Å²) >= 11 is 6.20. The molecule has 0 aliphatic heterocycles. The van der Waals surface area contributed by atoms with E-state index < -0.39 is 0 Å². The van der Waals surface area contributed by atoms with Crippen molar-refractivity contribution in [3.05, 3.63) is 28.8 Å². The van der Waals surface area contributed by atoms with Crippen LogP contribution in [0.3, 0.4) is 0 Å². The molecule has 126 valence electrons. The summed E-state index contributed by atoms with van der Waals surface area (Å²) in [6.07, 6.45) is 0. The standard InChI is InChI=1S/C14H18ClN9/c1-7(16)5-19-14-20-12(11-13(21-14)23-24-22-11)18-6-8-9(15)3-2-4-10(8)17/h2-4,7H,5-6,16-17H2,1H3,(H3,18,19,20,21,22,23,24). The number of hydrogen-bond donors (Lipinski definition) is 5. The fourth-order valence-corrected chi connectivity index (χ4v) is 2.38. The molecule has 24 heavy (non-hydrogen) atoms. The van der Waals surface area contributed by atoms with E-state index in [2.05, 4.69) is 36.0 Å². The lowest BCUT2D eigenvalue weighted by atomic mass is 10.2. The Morgan fingerprint density at radius 3 is 2.83 bits per heavy atom. The maximum Gasteiger partial charge on any atom is 0.226 e. The molecule has 10 heteroatoms. The third kappa shape index (κ3) is 3.47. The van der Waals surface area contributed by atoms with Crippen LogP contribution in [0.1, 0.15) is 12.5 Å². The molecule has 3 aromatic rings. The third-order valence-electron chi connectivity index (χ3n) is 3.35. The van der Waals surface area contributed by atoms with Gasteiger partial charge in [0.25, 0.3) is 0 Å². The molecular formula is C14H18ClN9. The van der Waals surface area contributed by atoms with E-state index in [1.165, 1.54) is 0 Å². The summed E-state index contributed by atoms with van der Waals surface area (Å²) in [5.41, 5.74) is 14.1. The Hall–Kier alpha value is -2.65. The molecule has 0 saturated carbocycles. The van der Waals surface area contributed by atoms with Gasteiger partial charge in [0.05, 0.1) is 0 Å². The maximum atomic E-state index is 6.20. The molecular weight excluding hydrogens is 330 g/mol. The van der Waals surface area contributed by atoms with Gasteiger partial charge in [-0.05, 0) is 19.1 Å². The molecule has 0 spiro atoms. The van der Waals surface area contributed by atoms with Crippen LogP contribution in [0.5, 0.6) is 0 Å². The number of anilines is 3. The molecule has 0 fully saturated rings. The number of rotatable bonds is 6. The first-order valence-electron chi connectivity index (χ1n) is 7.39. The van der Waals surface area contributed by atoms with Crippen molar-refractivity contribution in [2.24, 2.45) is 5.73 Å². The van der Waals surface area contributed by atoms with Crippen molar-refractivity contribution in [2.45, 2.75) is 19.5 Å². The number of halogens is 1. The van der Waals surface area contributed by atoms with E-state index in [9.17, 15) is 0 Å². The molecule has 1 unspecified atom stereocenters. The van der Waals surface area contributed by atoms with E-state index in [1.54, 1.807) is 18.2 Å². The van der Waals surface area contributed by atoms with E-state index in [-0.39, 0.29) is 6.04 Å². The predicted octanol–water partition coefficient (Wildman–Crippen LogP) is 1.35. The van der Waals surface area contributed by atoms with Gasteiger partial charge in [-0.1, -0.05) is 17.7 Å². The zero-order valence-electron chi connectivity index (χ0n) is 13.0. The SMILES string of the molecule is CC(N)CNc1nc(NCc2c(N)cccc2Cl)c2n[nH]nc2n1. The number of aromatic nitrogens is 5. The average molecular weight is 348 g/mol. The Bertz CT molecular complexity index is 825. The van der Waals surface area contributed by atoms with Crippen molar-refractivity contribution in [1.29, 1.82) is 0 Å². The number of fused-ring (bicyclic) bond motifs is 1. The molecule has 0 amide bonds. The summed E-state index contributed by atoms with van der Waals surface area (Å²) in [6, 6.07) is 5.36. The zero-order valence-corrected chi connectivity index (χ0v) is 13.8. The average Bonchev–Trinajstić information content (AvgIpc) is 3.01. The molecule has 0 saturated heterocycles. The van der Waals surface area contributed by atoms with Crippen LogP contribution in [0.4, 0.5) is 17.5 Å². The van der Waals surface area contributed by atoms with E-state index in [4.69, 9.17) is 23.1 Å². The summed E-state index contributed by atoms with van der Waals surface area (Å²) in [7, 11) is 0. The van der Waals surface area contributed by atoms with Crippen LogP contribution in [0.25, 0.3) is 11.2 Å². The van der Waals surface area contributed by atoms with Crippen molar-refractivity contribution in [2.75, 3.05) is 22.9 Å². The van der Waals surface area contributed by atoms with Crippen LogP contribution >= 0.6 is 11.6 Å². The van der Waals surface area contributed by atoms with Crippen molar-refractivity contribution >= 4 is 40.2 Å². The maximum absolute atomic E-state index is 6.20. The number of nitrogens with zero attached hydrogens (tertiary/aromatic N) is 4. The topological polar surface area (TPSA) is 143 Å². The molecule has 3 rings (SSSR count). The fraction of sp³-hybridized carbons (Fsp3) is 0.286. The van der Waals surface area contributed by atoms with E-state index in [0.29, 0.717) is 46.7 Å². The van der Waals surface area contributed by atoms with Crippen molar-refractivity contribution in [1.82, 2.24) is 25.4 Å². The Morgan fingerprint density at radius 1 is 1.25 bits per heavy atom. The van der Waals surface area contributed by atoms with Gasteiger partial charge in [-0.15, -0.1) is 5.10 Å². The van der Waals surface area contributed by atoms with Crippen LogP contribution in [-0.4, -0.2) is 38.0 Å². The summed E-state index contributed by atoms with van der Waals surface area (Å²) < 4.78 is 0. The summed E-state index contributed by atoms with van der Waals surface area (Å²) in [5, 5.41) is 17.5. The minimum absolute atomic E-state index is 0.0269. The molecule has 7 N–H and O–H groups in total. The van der Waals surface area contributed by atoms with Gasteiger partial charge in [-0.2, -0.15) is 20.3 Å². The predicted molar refractivity (Wildman–Crippen MR) is 94.8 cm³/mol. The molecule has 0 aliphatic rings. The molecule has 0 radical (unpaired) electrons. The molecule has 0 bridgehead atoms. The first kappa shape index (κ1) is 16.2. The minimum Gasteiger partial charge on any atom is -0.398 e. The highest BCUT2D eigenvalue weighted by Crippen LogP contribution is 2.24. The monoisotopic (exact) mass is 347 g/mol. The number of aromatic amines is 1. The molecule has 0 aliphatic carbocycles. The van der Waals surface area contributed by atoms with E-state index in [0.717, 1.165) is 5.56 Å². The Morgan fingerprint density at radius 2 is 2.08 bits per heavy atom. The van der Waals surface area contributed by atoms with E-state index in [1.807, 2.05) is 6.92 Å². The molecule has 9 nitrogen and oxygen atoms in total. The van der Waals surface area contributed by atoms with Gasteiger partial charge in [-0.3, -0.25) is 0 Å². The highest BCUT2D eigenvalue weighted by Gasteiger charge is 2.13. The smallest absolute Gasteiger partial charge is 0.226 e. The Balaban J connectivity index is 1.86. The van der Waals surface area contributed by atoms with Gasteiger partial charge in [0, 0.05) is 35.4 Å². The van der Waals surface area contributed by atoms with Crippen LogP contribution in [0, 0.1) is 0 Å². The number of hydrogen-bond acceptors (Lipinski definition) is 8. The lowest BCUT2D eigenvalue weighted by Gasteiger charge is -2.12. The highest BCUT2D eigenvalue weighted by molar-refractivity contribution is 6.31. The van der Waals surface area contributed by atoms with Crippen molar-refractivity contribution in [3.63, 3.8) is 0 Å². The number of benzene rings is 1. The number of nitrogen functional groups attached to an aromatic ring is 1. The second-order valence-electron chi connectivity index (χ2n) is 5.41. The van der Waals surface area contributed by atoms with Gasteiger partial charge >= 0.3 is 0 Å². The first-order valence-corrected chi connectivity index (χ1v) is 7.77. The fourth-order valence-electron chi connectivity index (χ4n) is 2.13. The number of nitrogens with two attached hydrogens (primary N) is 2. The van der Waals surface area contributed by atoms with E-state index >= 15 is 0 Å². The molecule has 2 heterocycles. The van der Waals surface area contributed by atoms with Gasteiger partial charge < -0.3 is 22.1 Å². The zero-order chi connectivity index (χ0) is 17.1. The van der Waals surface area contributed by atoms with Crippen LogP contribution in [0.15, 0.2) is 18.2 Å². The summed E-state index contributed by atoms with van der Waals surface area (Å²) in [6.45, 7) is 2.83. The van der Waals surface area contributed by atoms with Crippen molar-refractivity contribution < 1.29 is 0 Å². The molecule has 1 atom stereocenters. The third-order valence-corrected chi connectivity index (χ3v) is 3.71. The summed E-state index contributed by atoms with van der Waals surface area (Å²) in [5.74, 6) is 0.948. The van der Waals surface area contributed by atoms with Crippen molar-refractivity contribution in [3.8, 4) is 0 Å². The van der Waals surface area contributed by atoms with Gasteiger partial charge in [-0.25, -0.2) is 0 Å². The normalized spacial score (nSPS) is 12.3. The highest BCUT2D eigenvalue weighted by atomic mass is 35.5. The van der Waals surface area contributed by atoms with Gasteiger partial charge in [0.1, 0.15) is 0 Å². The van der Waals surface area contributed by atoms with Crippen LogP contribution < -0.4 is 22.1 Å². The van der Waals surface area contributed by atoms with Crippen LogP contribution in [-0.2, 0) is 6.54 Å². The quantitative estimate of drug-likeness (QED) is 0.420. The van der Waals surface area contributed by atoms with Gasteiger partial charge in [0.2, 0.25) is 11.6 Å². The second kappa shape index (κ2) is 6.85. The lowest BCUT2D eigenvalue weighted by Crippen LogP contribution is -2.26. The molecule has 2 aromatic heterocycles. The molecule has 1 aromatic carbocycles. The largest absolute Gasteiger partial charge is 0.398 e. The lowest BCUT2D eigenvalue weighted by molar-refractivity contribution is 0.774.